The fourth-order valence-electron chi connectivity index (χ4n) is 3.91. The minimum Gasteiger partial charge on any atom is -0.331 e. The van der Waals surface area contributed by atoms with Crippen LogP contribution >= 0.6 is 0 Å². The maximum absolute atomic E-state index is 14.2. The molecule has 0 radical (unpaired) electrons. The van der Waals surface area contributed by atoms with E-state index in [1.165, 1.54) is 6.20 Å². The standard InChI is InChI=1S/C19H20F3N3O3/c1-11(26)24-18(19(20,21)22)15-13(8-17(2,3)9-14(15)27)25(16(18)28)10-12-6-4-5-7-23-12/h4-7H,8-10H2,1-3H3,(H,24,26). The number of carbonyl (C=O) groups excluding carboxylic acids is 3. The van der Waals surface area contributed by atoms with Crippen molar-refractivity contribution >= 4 is 17.6 Å². The van der Waals surface area contributed by atoms with Crippen LogP contribution in [0.3, 0.4) is 0 Å². The Morgan fingerprint density at radius 3 is 2.46 bits per heavy atom. The average Bonchev–Trinajstić information content (AvgIpc) is 2.77. The summed E-state index contributed by atoms with van der Waals surface area (Å²) in [6, 6.07) is 4.87. The minimum atomic E-state index is -5.17. The summed E-state index contributed by atoms with van der Waals surface area (Å²) in [5.41, 5.74) is -4.27. The number of nitrogens with zero attached hydrogens (tertiary/aromatic N) is 2. The van der Waals surface area contributed by atoms with Crippen molar-refractivity contribution in [1.29, 1.82) is 0 Å². The van der Waals surface area contributed by atoms with Gasteiger partial charge in [-0.15, -0.1) is 0 Å². The van der Waals surface area contributed by atoms with Gasteiger partial charge in [0.25, 0.3) is 5.91 Å². The van der Waals surface area contributed by atoms with Crippen LogP contribution in [0.25, 0.3) is 0 Å². The zero-order valence-electron chi connectivity index (χ0n) is 15.7. The van der Waals surface area contributed by atoms with Gasteiger partial charge in [-0.2, -0.15) is 13.2 Å². The van der Waals surface area contributed by atoms with Crippen LogP contribution in [0.2, 0.25) is 0 Å². The Morgan fingerprint density at radius 1 is 1.25 bits per heavy atom. The third-order valence-corrected chi connectivity index (χ3v) is 4.95. The molecule has 1 unspecified atom stereocenters. The van der Waals surface area contributed by atoms with Crippen molar-refractivity contribution in [3.05, 3.63) is 41.4 Å². The maximum Gasteiger partial charge on any atom is 0.425 e. The summed E-state index contributed by atoms with van der Waals surface area (Å²) < 4.78 is 42.6. The third kappa shape index (κ3) is 3.08. The van der Waals surface area contributed by atoms with Crippen molar-refractivity contribution in [3.8, 4) is 0 Å². The first-order chi connectivity index (χ1) is 12.9. The van der Waals surface area contributed by atoms with Gasteiger partial charge in [-0.1, -0.05) is 19.9 Å². The molecule has 1 aliphatic heterocycles. The quantitative estimate of drug-likeness (QED) is 0.853. The molecule has 9 heteroatoms. The zero-order valence-corrected chi connectivity index (χ0v) is 15.7. The Labute approximate surface area is 159 Å². The highest BCUT2D eigenvalue weighted by molar-refractivity contribution is 6.13. The Balaban J connectivity index is 2.22. The summed E-state index contributed by atoms with van der Waals surface area (Å²) in [6.07, 6.45) is -3.75. The van der Waals surface area contributed by atoms with Crippen molar-refractivity contribution in [2.24, 2.45) is 5.41 Å². The lowest BCUT2D eigenvalue weighted by molar-refractivity contribution is -0.194. The highest BCUT2D eigenvalue weighted by atomic mass is 19.4. The molecule has 2 heterocycles. The topological polar surface area (TPSA) is 79.4 Å². The second-order valence-corrected chi connectivity index (χ2v) is 7.90. The summed E-state index contributed by atoms with van der Waals surface area (Å²) in [5, 5.41) is 1.76. The van der Waals surface area contributed by atoms with Crippen molar-refractivity contribution < 1.29 is 27.6 Å². The number of alkyl halides is 3. The number of ketones is 1. The summed E-state index contributed by atoms with van der Waals surface area (Å²) in [5.74, 6) is -3.21. The fourth-order valence-corrected chi connectivity index (χ4v) is 3.91. The molecule has 1 aromatic rings. The van der Waals surface area contributed by atoms with Gasteiger partial charge in [0.15, 0.2) is 5.78 Å². The van der Waals surface area contributed by atoms with Crippen molar-refractivity contribution in [2.45, 2.75) is 51.9 Å². The Bertz CT molecular complexity index is 877. The van der Waals surface area contributed by atoms with Gasteiger partial charge in [-0.25, -0.2) is 0 Å². The lowest BCUT2D eigenvalue weighted by atomic mass is 9.72. The normalized spacial score (nSPS) is 24.4. The van der Waals surface area contributed by atoms with Crippen molar-refractivity contribution in [3.63, 3.8) is 0 Å². The van der Waals surface area contributed by atoms with E-state index in [0.717, 1.165) is 11.8 Å². The first-order valence-corrected chi connectivity index (χ1v) is 8.73. The molecule has 2 aliphatic rings. The maximum atomic E-state index is 14.2. The van der Waals surface area contributed by atoms with Crippen LogP contribution in [0.1, 0.15) is 39.3 Å². The van der Waals surface area contributed by atoms with Gasteiger partial charge >= 0.3 is 6.18 Å². The number of hydrogen-bond acceptors (Lipinski definition) is 4. The van der Waals surface area contributed by atoms with E-state index in [-0.39, 0.29) is 25.1 Å². The molecule has 0 spiro atoms. The molecule has 28 heavy (non-hydrogen) atoms. The van der Waals surface area contributed by atoms with Crippen molar-refractivity contribution in [1.82, 2.24) is 15.2 Å². The molecule has 0 bridgehead atoms. The van der Waals surface area contributed by atoms with E-state index in [0.29, 0.717) is 5.69 Å². The first kappa shape index (κ1) is 20.0. The van der Waals surface area contributed by atoms with Gasteiger partial charge in [0.05, 0.1) is 17.8 Å². The van der Waals surface area contributed by atoms with Crippen LogP contribution in [0.4, 0.5) is 13.2 Å². The third-order valence-electron chi connectivity index (χ3n) is 4.95. The largest absolute Gasteiger partial charge is 0.425 e. The molecule has 1 aromatic heterocycles. The van der Waals surface area contributed by atoms with Gasteiger partial charge in [-0.3, -0.25) is 19.4 Å². The smallest absolute Gasteiger partial charge is 0.331 e. The summed E-state index contributed by atoms with van der Waals surface area (Å²) in [4.78, 5) is 42.5. The van der Waals surface area contributed by atoms with E-state index in [1.54, 1.807) is 37.4 Å². The molecule has 1 N–H and O–H groups in total. The van der Waals surface area contributed by atoms with Gasteiger partial charge < -0.3 is 10.2 Å². The zero-order chi connectivity index (χ0) is 20.9. The second kappa shape index (κ2) is 6.42. The lowest BCUT2D eigenvalue weighted by Crippen LogP contribution is -2.65. The van der Waals surface area contributed by atoms with E-state index in [4.69, 9.17) is 0 Å². The van der Waals surface area contributed by atoms with E-state index < -0.39 is 40.3 Å². The van der Waals surface area contributed by atoms with Crippen LogP contribution < -0.4 is 5.32 Å². The number of amides is 2. The molecule has 0 saturated carbocycles. The van der Waals surface area contributed by atoms with Gasteiger partial charge in [0.1, 0.15) is 0 Å². The molecule has 1 aliphatic carbocycles. The number of nitrogens with one attached hydrogen (secondary N) is 1. The highest BCUT2D eigenvalue weighted by Crippen LogP contribution is 2.51. The number of halogens is 3. The molecule has 6 nitrogen and oxygen atoms in total. The van der Waals surface area contributed by atoms with E-state index >= 15 is 0 Å². The molecule has 0 saturated heterocycles. The molecule has 2 amide bonds. The number of hydrogen-bond donors (Lipinski definition) is 1. The van der Waals surface area contributed by atoms with Crippen LogP contribution in [0, 0.1) is 5.41 Å². The summed E-state index contributed by atoms with van der Waals surface area (Å²) in [7, 11) is 0. The molecule has 0 aromatic carbocycles. The Morgan fingerprint density at radius 2 is 1.93 bits per heavy atom. The predicted octanol–water partition coefficient (Wildman–Crippen LogP) is 2.50. The Kier molecular flexibility index (Phi) is 4.60. The van der Waals surface area contributed by atoms with Crippen LogP contribution in [-0.4, -0.2) is 39.2 Å². The van der Waals surface area contributed by atoms with Crippen LogP contribution in [0.15, 0.2) is 35.7 Å². The molecule has 1 atom stereocenters. The lowest BCUT2D eigenvalue weighted by Gasteiger charge is -2.35. The number of pyridine rings is 1. The minimum absolute atomic E-state index is 0.00276. The van der Waals surface area contributed by atoms with E-state index in [9.17, 15) is 27.6 Å². The monoisotopic (exact) mass is 395 g/mol. The fraction of sp³-hybridized carbons (Fsp3) is 0.474. The van der Waals surface area contributed by atoms with E-state index in [1.807, 2.05) is 0 Å². The molecular weight excluding hydrogens is 375 g/mol. The van der Waals surface area contributed by atoms with Crippen LogP contribution in [0.5, 0.6) is 0 Å². The molecule has 150 valence electrons. The van der Waals surface area contributed by atoms with Crippen molar-refractivity contribution in [2.75, 3.05) is 0 Å². The first-order valence-electron chi connectivity index (χ1n) is 8.73. The van der Waals surface area contributed by atoms with E-state index in [2.05, 4.69) is 4.98 Å². The molecule has 0 fully saturated rings. The molecular formula is C19H20F3N3O3. The van der Waals surface area contributed by atoms with Crippen LogP contribution in [-0.2, 0) is 20.9 Å². The number of allylic oxidation sites excluding steroid dienone is 1. The number of rotatable bonds is 3. The number of carbonyl (C=O) groups is 3. The summed E-state index contributed by atoms with van der Waals surface area (Å²) >= 11 is 0. The second-order valence-electron chi connectivity index (χ2n) is 7.90. The SMILES string of the molecule is CC(=O)NC1(C(F)(F)F)C(=O)N(Cc2ccccn2)C2=C1C(=O)CC(C)(C)C2. The van der Waals surface area contributed by atoms with Gasteiger partial charge in [0, 0.05) is 25.2 Å². The Hall–Kier alpha value is -2.71. The van der Waals surface area contributed by atoms with Gasteiger partial charge in [-0.05, 0) is 24.0 Å². The predicted molar refractivity (Wildman–Crippen MR) is 92.4 cm³/mol. The molecule has 3 rings (SSSR count). The number of aromatic nitrogens is 1. The average molecular weight is 395 g/mol. The summed E-state index contributed by atoms with van der Waals surface area (Å²) in [6.45, 7) is 4.17. The highest BCUT2D eigenvalue weighted by Gasteiger charge is 2.71. The van der Waals surface area contributed by atoms with Gasteiger partial charge in [0.2, 0.25) is 11.4 Å². The number of Topliss-reactive ketones (excluding diaryl/α,β-unsaturated/α-hetero) is 1.